The first-order valence-electron chi connectivity index (χ1n) is 8.71. The zero-order valence-electron chi connectivity index (χ0n) is 14.6. The van der Waals surface area contributed by atoms with E-state index in [4.69, 9.17) is 0 Å². The number of hydrogen-bond acceptors (Lipinski definition) is 3. The predicted molar refractivity (Wildman–Crippen MR) is 105 cm³/mol. The van der Waals surface area contributed by atoms with Gasteiger partial charge in [-0.1, -0.05) is 48.2 Å². The van der Waals surface area contributed by atoms with Crippen LogP contribution in [0.5, 0.6) is 0 Å². The van der Waals surface area contributed by atoms with Crippen molar-refractivity contribution in [3.8, 4) is 11.8 Å². The van der Waals surface area contributed by atoms with Gasteiger partial charge in [-0.25, -0.2) is 0 Å². The van der Waals surface area contributed by atoms with Crippen LogP contribution in [0.2, 0.25) is 0 Å². The Kier molecular flexibility index (Phi) is 6.33. The smallest absolute Gasteiger partial charge is 0.168 e. The van der Waals surface area contributed by atoms with Gasteiger partial charge in [0.25, 0.3) is 0 Å². The van der Waals surface area contributed by atoms with Gasteiger partial charge >= 0.3 is 0 Å². The fourth-order valence-corrected chi connectivity index (χ4v) is 3.86. The molecule has 2 aromatic rings. The number of benzene rings is 2. The van der Waals surface area contributed by atoms with Crippen LogP contribution in [0.3, 0.4) is 0 Å². The van der Waals surface area contributed by atoms with Crippen molar-refractivity contribution in [2.75, 3.05) is 25.9 Å². The molecular formula is C22H23NOS. The minimum Gasteiger partial charge on any atom is -0.294 e. The molecule has 2 nitrogen and oxygen atoms in total. The van der Waals surface area contributed by atoms with Crippen molar-refractivity contribution in [1.29, 1.82) is 0 Å². The summed E-state index contributed by atoms with van der Waals surface area (Å²) < 4.78 is 0. The lowest BCUT2D eigenvalue weighted by atomic mass is 9.90. The summed E-state index contributed by atoms with van der Waals surface area (Å²) in [7, 11) is 0. The van der Waals surface area contributed by atoms with Crippen LogP contribution >= 0.6 is 11.8 Å². The van der Waals surface area contributed by atoms with Gasteiger partial charge in [0, 0.05) is 28.5 Å². The summed E-state index contributed by atoms with van der Waals surface area (Å²) in [6.07, 6.45) is 4.06. The van der Waals surface area contributed by atoms with E-state index in [-0.39, 0.29) is 11.7 Å². The molecule has 128 valence electrons. The second-order valence-electron chi connectivity index (χ2n) is 6.31. The van der Waals surface area contributed by atoms with Gasteiger partial charge in [0.1, 0.15) is 0 Å². The molecule has 1 atom stereocenters. The highest BCUT2D eigenvalue weighted by atomic mass is 32.2. The molecule has 0 aromatic heterocycles. The molecule has 0 saturated carbocycles. The molecule has 2 aromatic carbocycles. The Morgan fingerprint density at radius 1 is 1.16 bits per heavy atom. The normalized spacial score (nSPS) is 17.6. The first-order chi connectivity index (χ1) is 12.3. The fraction of sp³-hybridized carbons (Fsp3) is 0.318. The minimum absolute atomic E-state index is 0.0839. The summed E-state index contributed by atoms with van der Waals surface area (Å²) in [4.78, 5) is 16.3. The molecule has 1 saturated heterocycles. The van der Waals surface area contributed by atoms with Crippen LogP contribution in [0.25, 0.3) is 0 Å². The molecule has 0 bridgehead atoms. The fourth-order valence-electron chi connectivity index (χ4n) is 3.26. The van der Waals surface area contributed by atoms with Crippen LogP contribution in [0.4, 0.5) is 0 Å². The van der Waals surface area contributed by atoms with Crippen molar-refractivity contribution < 1.29 is 4.79 Å². The van der Waals surface area contributed by atoms with E-state index >= 15 is 0 Å². The van der Waals surface area contributed by atoms with Crippen molar-refractivity contribution in [3.63, 3.8) is 0 Å². The number of likely N-dealkylation sites (tertiary alicyclic amines) is 1. The van der Waals surface area contributed by atoms with E-state index < -0.39 is 0 Å². The molecule has 1 aliphatic heterocycles. The number of hydrogen-bond donors (Lipinski definition) is 0. The van der Waals surface area contributed by atoms with E-state index in [1.54, 1.807) is 11.8 Å². The third kappa shape index (κ3) is 4.75. The van der Waals surface area contributed by atoms with Crippen LogP contribution in [0.15, 0.2) is 59.5 Å². The molecule has 0 aliphatic carbocycles. The van der Waals surface area contributed by atoms with Gasteiger partial charge in [0.05, 0.1) is 6.54 Å². The zero-order chi connectivity index (χ0) is 17.5. The van der Waals surface area contributed by atoms with E-state index in [9.17, 15) is 4.79 Å². The van der Waals surface area contributed by atoms with Gasteiger partial charge in [0.2, 0.25) is 0 Å². The topological polar surface area (TPSA) is 20.3 Å². The number of carbonyl (C=O) groups excluding carboxylic acids is 1. The molecular weight excluding hydrogens is 326 g/mol. The molecule has 1 aliphatic rings. The van der Waals surface area contributed by atoms with Gasteiger partial charge in [-0.3, -0.25) is 9.69 Å². The number of nitrogens with zero attached hydrogens (tertiary/aromatic N) is 1. The van der Waals surface area contributed by atoms with E-state index in [0.717, 1.165) is 48.5 Å². The maximum atomic E-state index is 12.9. The lowest BCUT2D eigenvalue weighted by Gasteiger charge is -2.30. The molecule has 0 amide bonds. The first-order valence-corrected chi connectivity index (χ1v) is 9.94. The summed E-state index contributed by atoms with van der Waals surface area (Å²) in [6, 6.07) is 18.0. The summed E-state index contributed by atoms with van der Waals surface area (Å²) in [5.74, 6) is 6.83. The maximum absolute atomic E-state index is 12.9. The summed E-state index contributed by atoms with van der Waals surface area (Å²) in [5.41, 5.74) is 1.92. The highest BCUT2D eigenvalue weighted by Crippen LogP contribution is 2.26. The van der Waals surface area contributed by atoms with Gasteiger partial charge in [-0.2, -0.15) is 0 Å². The second kappa shape index (κ2) is 8.89. The van der Waals surface area contributed by atoms with Crippen LogP contribution in [-0.2, 0) is 0 Å². The molecule has 0 unspecified atom stereocenters. The molecule has 25 heavy (non-hydrogen) atoms. The van der Waals surface area contributed by atoms with Crippen LogP contribution < -0.4 is 0 Å². The molecule has 0 spiro atoms. The third-order valence-electron chi connectivity index (χ3n) is 4.56. The van der Waals surface area contributed by atoms with Gasteiger partial charge < -0.3 is 0 Å². The highest BCUT2D eigenvalue weighted by Gasteiger charge is 2.27. The Bertz CT molecular complexity index is 775. The van der Waals surface area contributed by atoms with Crippen LogP contribution in [-0.4, -0.2) is 36.6 Å². The number of piperidine rings is 1. The van der Waals surface area contributed by atoms with Crippen LogP contribution in [0.1, 0.15) is 28.8 Å². The van der Waals surface area contributed by atoms with Crippen molar-refractivity contribution in [1.82, 2.24) is 4.90 Å². The lowest BCUT2D eigenvalue weighted by Crippen LogP contribution is -2.39. The second-order valence-corrected chi connectivity index (χ2v) is 7.15. The van der Waals surface area contributed by atoms with Crippen molar-refractivity contribution >= 4 is 17.5 Å². The predicted octanol–water partition coefficient (Wildman–Crippen LogP) is 4.35. The molecule has 1 heterocycles. The Morgan fingerprint density at radius 2 is 1.92 bits per heavy atom. The Hall–Kier alpha value is -2.02. The SMILES string of the molecule is CSc1ccccc1C(=O)[C@H]1CCCN(CC#Cc2ccccc2)C1. The van der Waals surface area contributed by atoms with E-state index in [1.807, 2.05) is 60.9 Å². The Labute approximate surface area is 154 Å². The molecule has 3 rings (SSSR count). The number of thioether (sulfide) groups is 1. The summed E-state index contributed by atoms with van der Waals surface area (Å²) in [5, 5.41) is 0. The highest BCUT2D eigenvalue weighted by molar-refractivity contribution is 7.98. The van der Waals surface area contributed by atoms with E-state index in [1.165, 1.54) is 0 Å². The monoisotopic (exact) mass is 349 g/mol. The molecule has 0 N–H and O–H groups in total. The van der Waals surface area contributed by atoms with E-state index in [0.29, 0.717) is 0 Å². The van der Waals surface area contributed by atoms with Crippen molar-refractivity contribution in [2.24, 2.45) is 5.92 Å². The average Bonchev–Trinajstić information content (AvgIpc) is 2.68. The number of rotatable bonds is 4. The third-order valence-corrected chi connectivity index (χ3v) is 5.35. The summed E-state index contributed by atoms with van der Waals surface area (Å²) >= 11 is 1.64. The molecule has 1 fully saturated rings. The van der Waals surface area contributed by atoms with Gasteiger partial charge in [-0.05, 0) is 43.8 Å². The standard InChI is InChI=1S/C22H23NOS/c1-25-21-14-6-5-13-20(21)22(24)19-12-8-16-23(17-19)15-7-11-18-9-3-2-4-10-18/h2-6,9-10,13-14,19H,8,12,15-17H2,1H3/t19-/m0/s1. The number of ketones is 1. The molecule has 3 heteroatoms. The zero-order valence-corrected chi connectivity index (χ0v) is 15.4. The molecule has 0 radical (unpaired) electrons. The quantitative estimate of drug-likeness (QED) is 0.465. The van der Waals surface area contributed by atoms with Crippen LogP contribution in [0, 0.1) is 17.8 Å². The average molecular weight is 349 g/mol. The largest absolute Gasteiger partial charge is 0.294 e. The van der Waals surface area contributed by atoms with E-state index in [2.05, 4.69) is 16.7 Å². The maximum Gasteiger partial charge on any atom is 0.168 e. The number of carbonyl (C=O) groups is 1. The number of Topliss-reactive ketones (excluding diaryl/α,β-unsaturated/α-hetero) is 1. The first kappa shape index (κ1) is 17.8. The van der Waals surface area contributed by atoms with Gasteiger partial charge in [-0.15, -0.1) is 11.8 Å². The van der Waals surface area contributed by atoms with Gasteiger partial charge in [0.15, 0.2) is 5.78 Å². The van der Waals surface area contributed by atoms with Crippen molar-refractivity contribution in [2.45, 2.75) is 17.7 Å². The van der Waals surface area contributed by atoms with Crippen molar-refractivity contribution in [3.05, 3.63) is 65.7 Å². The lowest BCUT2D eigenvalue weighted by molar-refractivity contribution is 0.0830. The Morgan fingerprint density at radius 3 is 2.72 bits per heavy atom. The minimum atomic E-state index is 0.0839. The Balaban J connectivity index is 1.63. The summed E-state index contributed by atoms with van der Waals surface area (Å²) in [6.45, 7) is 2.56.